The van der Waals surface area contributed by atoms with E-state index >= 15 is 0 Å². The van der Waals surface area contributed by atoms with Crippen molar-refractivity contribution >= 4 is 16.9 Å². The van der Waals surface area contributed by atoms with Gasteiger partial charge in [-0.3, -0.25) is 14.5 Å². The van der Waals surface area contributed by atoms with E-state index in [1.54, 1.807) is 19.1 Å². The number of amides is 1. The Kier molecular flexibility index (Phi) is 6.51. The lowest BCUT2D eigenvalue weighted by atomic mass is 9.99. The highest BCUT2D eigenvalue weighted by molar-refractivity contribution is 5.92. The van der Waals surface area contributed by atoms with Crippen LogP contribution in [0.5, 0.6) is 5.75 Å². The van der Waals surface area contributed by atoms with Crippen molar-refractivity contribution in [2.24, 2.45) is 0 Å². The molecular weight excluding hydrogens is 458 g/mol. The van der Waals surface area contributed by atoms with Gasteiger partial charge in [0.25, 0.3) is 23.8 Å². The molecule has 0 aliphatic carbocycles. The summed E-state index contributed by atoms with van der Waals surface area (Å²) in [6.07, 6.45) is -3.15. The zero-order chi connectivity index (χ0) is 24.6. The zero-order valence-corrected chi connectivity index (χ0v) is 18.2. The van der Waals surface area contributed by atoms with Crippen LogP contribution in [0, 0.1) is 18.7 Å². The Hall–Kier alpha value is -3.54. The monoisotopic (exact) mass is 479 g/mol. The molecule has 1 aromatic carbocycles. The van der Waals surface area contributed by atoms with Crippen molar-refractivity contribution in [3.63, 3.8) is 0 Å². The molecular formula is C22H21F4N5O3. The van der Waals surface area contributed by atoms with Crippen LogP contribution in [0.1, 0.15) is 28.7 Å². The maximum atomic E-state index is 14.9. The number of rotatable bonds is 7. The first-order valence-corrected chi connectivity index (χ1v) is 10.5. The standard InChI is InChI=1S/C22H21F4N5O3/c1-10-21(32)30-19-13(28-10)4-3-12(18(19)25)8-31-9-16(11(31)2)34-15-6-5-14(29-20(15)26)22(33)27-7-17(23)24/h3-6,11,16-17H,7-9H2,1-2H3,(H,27,33)(H,30,32)/t11-,16+/m1/s1. The minimum absolute atomic E-state index is 0.0416. The third-order valence-electron chi connectivity index (χ3n) is 5.70. The number of nitrogens with one attached hydrogen (secondary N) is 2. The quantitative estimate of drug-likeness (QED) is 0.399. The summed E-state index contributed by atoms with van der Waals surface area (Å²) in [5.41, 5.74) is 0.210. The van der Waals surface area contributed by atoms with Crippen LogP contribution in [0.3, 0.4) is 0 Å². The maximum Gasteiger partial charge on any atom is 0.270 e. The second kappa shape index (κ2) is 9.37. The van der Waals surface area contributed by atoms with E-state index in [0.717, 1.165) is 0 Å². The van der Waals surface area contributed by atoms with Crippen LogP contribution in [0.15, 0.2) is 29.1 Å². The highest BCUT2D eigenvalue weighted by Crippen LogP contribution is 2.28. The number of fused-ring (bicyclic) bond motifs is 1. The number of hydrogen-bond acceptors (Lipinski definition) is 6. The molecule has 180 valence electrons. The van der Waals surface area contributed by atoms with Crippen molar-refractivity contribution in [1.82, 2.24) is 25.2 Å². The van der Waals surface area contributed by atoms with E-state index in [9.17, 15) is 27.2 Å². The molecule has 3 heterocycles. The lowest BCUT2D eigenvalue weighted by molar-refractivity contribution is -0.0437. The van der Waals surface area contributed by atoms with Gasteiger partial charge in [0.2, 0.25) is 0 Å². The van der Waals surface area contributed by atoms with Crippen molar-refractivity contribution in [2.45, 2.75) is 39.0 Å². The Bertz CT molecular complexity index is 1300. The molecule has 0 radical (unpaired) electrons. The molecule has 0 unspecified atom stereocenters. The van der Waals surface area contributed by atoms with E-state index in [2.05, 4.69) is 15.0 Å². The second-order valence-corrected chi connectivity index (χ2v) is 8.00. The number of hydrogen-bond donors (Lipinski definition) is 2. The number of aromatic nitrogens is 3. The van der Waals surface area contributed by atoms with Gasteiger partial charge in [0.1, 0.15) is 23.0 Å². The summed E-state index contributed by atoms with van der Waals surface area (Å²) in [6, 6.07) is 5.43. The number of carbonyl (C=O) groups excluding carboxylic acids is 1. The SMILES string of the molecule is Cc1nc2ccc(CN3C[C@H](Oc4ccc(C(=O)NCC(F)F)nc4F)[C@H]3C)c(F)c2[nH]c1=O. The number of nitrogens with zero attached hydrogens (tertiary/aromatic N) is 3. The lowest BCUT2D eigenvalue weighted by Gasteiger charge is -2.45. The summed E-state index contributed by atoms with van der Waals surface area (Å²) in [5.74, 6) is -2.70. The van der Waals surface area contributed by atoms with Crippen LogP contribution in [0.2, 0.25) is 0 Å². The number of halogens is 4. The van der Waals surface area contributed by atoms with Crippen LogP contribution >= 0.6 is 0 Å². The first-order chi connectivity index (χ1) is 16.1. The normalized spacial score (nSPS) is 18.2. The van der Waals surface area contributed by atoms with E-state index in [0.29, 0.717) is 17.6 Å². The molecule has 0 spiro atoms. The summed E-state index contributed by atoms with van der Waals surface area (Å²) >= 11 is 0. The third-order valence-corrected chi connectivity index (χ3v) is 5.70. The highest BCUT2D eigenvalue weighted by Gasteiger charge is 2.38. The molecule has 0 bridgehead atoms. The van der Waals surface area contributed by atoms with Crippen molar-refractivity contribution in [3.8, 4) is 5.75 Å². The van der Waals surface area contributed by atoms with Crippen LogP contribution < -0.4 is 15.6 Å². The van der Waals surface area contributed by atoms with Gasteiger partial charge in [0, 0.05) is 24.7 Å². The van der Waals surface area contributed by atoms with Gasteiger partial charge in [-0.1, -0.05) is 6.07 Å². The Labute approximate surface area is 191 Å². The summed E-state index contributed by atoms with van der Waals surface area (Å²) in [5, 5.41) is 1.95. The van der Waals surface area contributed by atoms with E-state index in [1.807, 2.05) is 17.1 Å². The Balaban J connectivity index is 1.39. The number of pyridine rings is 1. The lowest BCUT2D eigenvalue weighted by Crippen LogP contribution is -2.60. The van der Waals surface area contributed by atoms with E-state index in [4.69, 9.17) is 4.74 Å². The molecule has 1 amide bonds. The van der Waals surface area contributed by atoms with E-state index in [-0.39, 0.29) is 35.2 Å². The van der Waals surface area contributed by atoms with Crippen LogP contribution in [0.25, 0.3) is 11.0 Å². The summed E-state index contributed by atoms with van der Waals surface area (Å²) in [6.45, 7) is 3.12. The molecule has 3 aromatic rings. The molecule has 1 fully saturated rings. The Morgan fingerprint density at radius 2 is 2.03 bits per heavy atom. The molecule has 8 nitrogen and oxygen atoms in total. The van der Waals surface area contributed by atoms with Crippen LogP contribution in [-0.2, 0) is 6.54 Å². The second-order valence-electron chi connectivity index (χ2n) is 8.00. The van der Waals surface area contributed by atoms with Crippen LogP contribution in [-0.4, -0.2) is 57.4 Å². The van der Waals surface area contributed by atoms with Gasteiger partial charge < -0.3 is 15.0 Å². The predicted molar refractivity (Wildman–Crippen MR) is 114 cm³/mol. The fourth-order valence-electron chi connectivity index (χ4n) is 3.65. The van der Waals surface area contributed by atoms with Gasteiger partial charge in [0.05, 0.1) is 12.1 Å². The predicted octanol–water partition coefficient (Wildman–Crippen LogP) is 2.55. The molecule has 2 N–H and O–H groups in total. The van der Waals surface area contributed by atoms with E-state index in [1.165, 1.54) is 12.1 Å². The van der Waals surface area contributed by atoms with Gasteiger partial charge in [-0.05, 0) is 32.0 Å². The molecule has 1 aliphatic rings. The van der Waals surface area contributed by atoms with Crippen LogP contribution in [0.4, 0.5) is 17.6 Å². The first-order valence-electron chi connectivity index (χ1n) is 10.5. The highest BCUT2D eigenvalue weighted by atomic mass is 19.3. The number of alkyl halides is 2. The third kappa shape index (κ3) is 4.72. The van der Waals surface area contributed by atoms with Gasteiger partial charge in [-0.25, -0.2) is 23.1 Å². The number of ether oxygens (including phenoxy) is 1. The number of H-pyrrole nitrogens is 1. The van der Waals surface area contributed by atoms with Gasteiger partial charge in [0.15, 0.2) is 11.6 Å². The maximum absolute atomic E-state index is 14.9. The largest absolute Gasteiger partial charge is 0.483 e. The summed E-state index contributed by atoms with van der Waals surface area (Å²) in [4.78, 5) is 35.5. The average molecular weight is 479 g/mol. The topological polar surface area (TPSA) is 100 Å². The van der Waals surface area contributed by atoms with Gasteiger partial charge in [-0.15, -0.1) is 0 Å². The summed E-state index contributed by atoms with van der Waals surface area (Å²) < 4.78 is 59.3. The molecule has 2 atom stereocenters. The first kappa shape index (κ1) is 23.6. The van der Waals surface area contributed by atoms with E-state index < -0.39 is 42.3 Å². The number of carbonyl (C=O) groups is 1. The molecule has 2 aromatic heterocycles. The Morgan fingerprint density at radius 3 is 2.71 bits per heavy atom. The molecule has 4 rings (SSSR count). The fourth-order valence-corrected chi connectivity index (χ4v) is 3.65. The fraction of sp³-hybridized carbons (Fsp3) is 0.364. The zero-order valence-electron chi connectivity index (χ0n) is 18.2. The Morgan fingerprint density at radius 1 is 1.26 bits per heavy atom. The number of aromatic amines is 1. The average Bonchev–Trinajstić information content (AvgIpc) is 2.80. The number of benzene rings is 1. The molecule has 34 heavy (non-hydrogen) atoms. The van der Waals surface area contributed by atoms with Crippen molar-refractivity contribution in [3.05, 3.63) is 63.3 Å². The van der Waals surface area contributed by atoms with Crippen molar-refractivity contribution < 1.29 is 27.1 Å². The van der Waals surface area contributed by atoms with Gasteiger partial charge >= 0.3 is 0 Å². The van der Waals surface area contributed by atoms with Crippen molar-refractivity contribution in [2.75, 3.05) is 13.1 Å². The number of likely N-dealkylation sites (tertiary alicyclic amines) is 1. The molecule has 1 saturated heterocycles. The minimum Gasteiger partial charge on any atom is -0.483 e. The van der Waals surface area contributed by atoms with Gasteiger partial charge in [-0.2, -0.15) is 4.39 Å². The summed E-state index contributed by atoms with van der Waals surface area (Å²) in [7, 11) is 0. The molecule has 12 heteroatoms. The number of aryl methyl sites for hydroxylation is 1. The molecule has 1 aliphatic heterocycles. The van der Waals surface area contributed by atoms with Crippen molar-refractivity contribution in [1.29, 1.82) is 0 Å². The molecule has 0 saturated carbocycles. The smallest absolute Gasteiger partial charge is 0.270 e. The minimum atomic E-state index is -2.73.